The van der Waals surface area contributed by atoms with Gasteiger partial charge < -0.3 is 9.80 Å². The maximum absolute atomic E-state index is 11.9. The number of rotatable bonds is 3. The third kappa shape index (κ3) is 2.67. The van der Waals surface area contributed by atoms with Crippen LogP contribution in [0.1, 0.15) is 34.6 Å². The van der Waals surface area contributed by atoms with Crippen molar-refractivity contribution in [2.24, 2.45) is 5.92 Å². The minimum Gasteiger partial charge on any atom is -0.351 e. The van der Waals surface area contributed by atoms with Crippen molar-refractivity contribution in [3.8, 4) is 0 Å². The van der Waals surface area contributed by atoms with Crippen molar-refractivity contribution in [1.29, 1.82) is 0 Å². The summed E-state index contributed by atoms with van der Waals surface area (Å²) < 4.78 is 0. The Morgan fingerprint density at radius 2 is 2.32 bits per heavy atom. The average molecular weight is 279 g/mol. The number of Topliss-reactive ketones (excluding diaryl/α,β-unsaturated/α-hetero) is 1. The number of hydrogen-bond acceptors (Lipinski definition) is 5. The second-order valence-corrected chi connectivity index (χ2v) is 6.82. The van der Waals surface area contributed by atoms with Crippen molar-refractivity contribution in [1.82, 2.24) is 9.88 Å². The molecule has 0 bridgehead atoms. The summed E-state index contributed by atoms with van der Waals surface area (Å²) in [7, 11) is 4.29. The Morgan fingerprint density at radius 1 is 1.47 bits per heavy atom. The third-order valence-electron chi connectivity index (χ3n) is 4.10. The fourth-order valence-electron chi connectivity index (χ4n) is 3.06. The molecule has 19 heavy (non-hydrogen) atoms. The number of thiazole rings is 1. The number of carbonyl (C=O) groups is 1. The summed E-state index contributed by atoms with van der Waals surface area (Å²) in [5.41, 5.74) is 1.03. The summed E-state index contributed by atoms with van der Waals surface area (Å²) in [5, 5.41) is 1.02. The summed E-state index contributed by atoms with van der Waals surface area (Å²) in [6, 6.07) is 0. The van der Waals surface area contributed by atoms with Gasteiger partial charge in [-0.2, -0.15) is 0 Å². The molecule has 1 aromatic rings. The van der Waals surface area contributed by atoms with Gasteiger partial charge in [0.05, 0.1) is 10.6 Å². The Morgan fingerprint density at radius 3 is 3.00 bits per heavy atom. The van der Waals surface area contributed by atoms with Crippen LogP contribution in [0.4, 0.5) is 5.13 Å². The highest BCUT2D eigenvalue weighted by Crippen LogP contribution is 2.32. The van der Waals surface area contributed by atoms with Crippen molar-refractivity contribution in [2.75, 3.05) is 38.6 Å². The Kier molecular flexibility index (Phi) is 3.58. The standard InChI is InChI=1S/C14H21N3OS/c1-16-7-6-10(8-16)9-17(2)14-15-11-4-3-5-12(18)13(11)19-14/h10H,3-9H2,1-2H3. The summed E-state index contributed by atoms with van der Waals surface area (Å²) in [5.74, 6) is 1.02. The molecule has 4 nitrogen and oxygen atoms in total. The second-order valence-electron chi connectivity index (χ2n) is 5.85. The summed E-state index contributed by atoms with van der Waals surface area (Å²) in [6.45, 7) is 3.42. The van der Waals surface area contributed by atoms with E-state index >= 15 is 0 Å². The van der Waals surface area contributed by atoms with E-state index in [0.29, 0.717) is 12.2 Å². The Balaban J connectivity index is 1.70. The highest BCUT2D eigenvalue weighted by atomic mass is 32.1. The molecule has 1 aliphatic carbocycles. The van der Waals surface area contributed by atoms with E-state index in [2.05, 4.69) is 28.9 Å². The third-order valence-corrected chi connectivity index (χ3v) is 5.36. The molecular weight excluding hydrogens is 258 g/mol. The largest absolute Gasteiger partial charge is 0.351 e. The van der Waals surface area contributed by atoms with Gasteiger partial charge in [0.25, 0.3) is 0 Å². The van der Waals surface area contributed by atoms with Crippen LogP contribution in [0.15, 0.2) is 0 Å². The summed E-state index contributed by atoms with van der Waals surface area (Å²) in [6.07, 6.45) is 3.90. The van der Waals surface area contributed by atoms with Gasteiger partial charge in [-0.15, -0.1) is 0 Å². The number of fused-ring (bicyclic) bond motifs is 1. The molecular formula is C14H21N3OS. The van der Waals surface area contributed by atoms with Crippen molar-refractivity contribution in [3.05, 3.63) is 10.6 Å². The lowest BCUT2D eigenvalue weighted by Crippen LogP contribution is -2.27. The first kappa shape index (κ1) is 13.1. The van der Waals surface area contributed by atoms with Gasteiger partial charge in [0.15, 0.2) is 10.9 Å². The summed E-state index contributed by atoms with van der Waals surface area (Å²) in [4.78, 5) is 22.1. The van der Waals surface area contributed by atoms with E-state index in [1.165, 1.54) is 19.5 Å². The van der Waals surface area contributed by atoms with Gasteiger partial charge >= 0.3 is 0 Å². The quantitative estimate of drug-likeness (QED) is 0.848. The molecule has 2 aliphatic rings. The van der Waals surface area contributed by atoms with E-state index in [1.807, 2.05) is 0 Å². The molecule has 0 radical (unpaired) electrons. The van der Waals surface area contributed by atoms with E-state index in [0.717, 1.165) is 41.0 Å². The average Bonchev–Trinajstić information content (AvgIpc) is 2.96. The van der Waals surface area contributed by atoms with Crippen LogP contribution in [0, 0.1) is 5.92 Å². The highest BCUT2D eigenvalue weighted by Gasteiger charge is 2.25. The van der Waals surface area contributed by atoms with Gasteiger partial charge in [-0.05, 0) is 38.8 Å². The maximum Gasteiger partial charge on any atom is 0.185 e. The van der Waals surface area contributed by atoms with Gasteiger partial charge in [0, 0.05) is 26.6 Å². The molecule has 1 atom stereocenters. The van der Waals surface area contributed by atoms with Crippen LogP contribution in [0.5, 0.6) is 0 Å². The van der Waals surface area contributed by atoms with Gasteiger partial charge in [-0.3, -0.25) is 4.79 Å². The van der Waals surface area contributed by atoms with E-state index in [4.69, 9.17) is 0 Å². The Labute approximate surface area is 118 Å². The number of aryl methyl sites for hydroxylation is 1. The molecule has 5 heteroatoms. The van der Waals surface area contributed by atoms with E-state index in [9.17, 15) is 4.79 Å². The lowest BCUT2D eigenvalue weighted by atomic mass is 10.0. The number of ketones is 1. The first-order valence-corrected chi connectivity index (χ1v) is 7.87. The van der Waals surface area contributed by atoms with E-state index in [-0.39, 0.29) is 0 Å². The lowest BCUT2D eigenvalue weighted by molar-refractivity contribution is 0.0976. The molecule has 1 unspecified atom stereocenters. The van der Waals surface area contributed by atoms with Crippen LogP contribution in [0.2, 0.25) is 0 Å². The predicted molar refractivity (Wildman–Crippen MR) is 78.3 cm³/mol. The lowest BCUT2D eigenvalue weighted by Gasteiger charge is -2.20. The first-order chi connectivity index (χ1) is 9.13. The van der Waals surface area contributed by atoms with Gasteiger partial charge in [0.1, 0.15) is 0 Å². The van der Waals surface area contributed by atoms with Gasteiger partial charge in [-0.25, -0.2) is 4.98 Å². The minimum atomic E-state index is 0.291. The molecule has 0 saturated carbocycles. The van der Waals surface area contributed by atoms with Gasteiger partial charge in [0.2, 0.25) is 0 Å². The van der Waals surface area contributed by atoms with Crippen molar-refractivity contribution in [2.45, 2.75) is 25.7 Å². The molecule has 1 aliphatic heterocycles. The molecule has 1 fully saturated rings. The topological polar surface area (TPSA) is 36.4 Å². The Bertz CT molecular complexity index is 485. The minimum absolute atomic E-state index is 0.291. The molecule has 0 N–H and O–H groups in total. The molecule has 3 rings (SSSR count). The number of anilines is 1. The molecule has 0 spiro atoms. The van der Waals surface area contributed by atoms with Crippen LogP contribution in [0.25, 0.3) is 0 Å². The van der Waals surface area contributed by atoms with Crippen molar-refractivity contribution in [3.63, 3.8) is 0 Å². The summed E-state index contributed by atoms with van der Waals surface area (Å²) >= 11 is 1.59. The molecule has 2 heterocycles. The molecule has 104 valence electrons. The number of carbonyl (C=O) groups excluding carboxylic acids is 1. The number of hydrogen-bond donors (Lipinski definition) is 0. The molecule has 0 aromatic carbocycles. The van der Waals surface area contributed by atoms with Crippen LogP contribution < -0.4 is 4.90 Å². The number of likely N-dealkylation sites (tertiary alicyclic amines) is 1. The zero-order valence-corrected chi connectivity index (χ0v) is 12.5. The van der Waals surface area contributed by atoms with Crippen LogP contribution in [-0.2, 0) is 6.42 Å². The smallest absolute Gasteiger partial charge is 0.185 e. The van der Waals surface area contributed by atoms with Crippen LogP contribution in [-0.4, -0.2) is 49.4 Å². The van der Waals surface area contributed by atoms with E-state index in [1.54, 1.807) is 11.3 Å². The van der Waals surface area contributed by atoms with Crippen LogP contribution >= 0.6 is 11.3 Å². The van der Waals surface area contributed by atoms with E-state index < -0.39 is 0 Å². The van der Waals surface area contributed by atoms with Crippen molar-refractivity contribution >= 4 is 22.3 Å². The highest BCUT2D eigenvalue weighted by molar-refractivity contribution is 7.17. The monoisotopic (exact) mass is 279 g/mol. The Hall–Kier alpha value is -0.940. The fourth-order valence-corrected chi connectivity index (χ4v) is 4.11. The molecule has 0 amide bonds. The zero-order chi connectivity index (χ0) is 13.4. The number of aromatic nitrogens is 1. The van der Waals surface area contributed by atoms with Crippen LogP contribution in [0.3, 0.4) is 0 Å². The SMILES string of the molecule is CN1CCC(CN(C)c2nc3c(s2)C(=O)CCC3)C1. The van der Waals surface area contributed by atoms with Gasteiger partial charge in [-0.1, -0.05) is 11.3 Å². The number of nitrogens with zero attached hydrogens (tertiary/aromatic N) is 3. The maximum atomic E-state index is 11.9. The second kappa shape index (κ2) is 5.21. The predicted octanol–water partition coefficient (Wildman–Crippen LogP) is 2.05. The normalized spacial score (nSPS) is 23.7. The molecule has 1 saturated heterocycles. The molecule has 1 aromatic heterocycles. The van der Waals surface area contributed by atoms with Crippen molar-refractivity contribution < 1.29 is 4.79 Å². The fraction of sp³-hybridized carbons (Fsp3) is 0.714. The zero-order valence-electron chi connectivity index (χ0n) is 11.7. The first-order valence-electron chi connectivity index (χ1n) is 7.06.